The summed E-state index contributed by atoms with van der Waals surface area (Å²) in [6.45, 7) is 5.35. The lowest BCUT2D eigenvalue weighted by Gasteiger charge is -2.33. The van der Waals surface area contributed by atoms with E-state index < -0.39 is 5.97 Å². The van der Waals surface area contributed by atoms with Crippen LogP contribution in [-0.2, 0) is 14.3 Å². The maximum atomic E-state index is 12.5. The monoisotopic (exact) mass is 360 g/mol. The summed E-state index contributed by atoms with van der Waals surface area (Å²) in [5.74, 6) is -0.232. The largest absolute Gasteiger partial charge is 0.465 e. The van der Waals surface area contributed by atoms with Gasteiger partial charge in [-0.1, -0.05) is 13.8 Å². The zero-order valence-corrected chi connectivity index (χ0v) is 15.8. The van der Waals surface area contributed by atoms with Gasteiger partial charge in [-0.15, -0.1) is 0 Å². The van der Waals surface area contributed by atoms with Crippen molar-refractivity contribution in [2.75, 3.05) is 25.5 Å². The fourth-order valence-corrected chi connectivity index (χ4v) is 3.31. The summed E-state index contributed by atoms with van der Waals surface area (Å²) in [4.78, 5) is 38.2. The molecule has 1 fully saturated rings. The van der Waals surface area contributed by atoms with Gasteiger partial charge in [0.2, 0.25) is 11.8 Å². The molecule has 0 spiro atoms. The maximum absolute atomic E-state index is 12.5. The number of nitrogens with zero attached hydrogens (tertiary/aromatic N) is 1. The van der Waals surface area contributed by atoms with E-state index in [2.05, 4.69) is 10.1 Å². The molecular formula is C20H28N2O4. The van der Waals surface area contributed by atoms with E-state index >= 15 is 0 Å². The number of carbonyl (C=O) groups is 3. The van der Waals surface area contributed by atoms with E-state index in [0.717, 1.165) is 12.8 Å². The number of methoxy groups -OCH3 is 1. The van der Waals surface area contributed by atoms with Crippen molar-refractivity contribution in [2.45, 2.75) is 39.5 Å². The molecule has 0 aliphatic carbocycles. The highest BCUT2D eigenvalue weighted by Crippen LogP contribution is 2.22. The lowest BCUT2D eigenvalue weighted by molar-refractivity contribution is -0.138. The molecule has 142 valence electrons. The van der Waals surface area contributed by atoms with Gasteiger partial charge in [0.15, 0.2) is 0 Å². The first-order valence-corrected chi connectivity index (χ1v) is 9.28. The van der Waals surface area contributed by atoms with Crippen LogP contribution in [0.15, 0.2) is 24.3 Å². The fourth-order valence-electron chi connectivity index (χ4n) is 3.31. The highest BCUT2D eigenvalue weighted by Gasteiger charge is 2.29. The molecule has 0 aromatic heterocycles. The summed E-state index contributed by atoms with van der Waals surface area (Å²) >= 11 is 0. The fraction of sp³-hybridized carbons (Fsp3) is 0.550. The van der Waals surface area contributed by atoms with Crippen molar-refractivity contribution in [3.05, 3.63) is 29.8 Å². The predicted molar refractivity (Wildman–Crippen MR) is 99.8 cm³/mol. The number of piperidine rings is 1. The topological polar surface area (TPSA) is 75.7 Å². The minimum absolute atomic E-state index is 0.0366. The van der Waals surface area contributed by atoms with Crippen molar-refractivity contribution >= 4 is 23.5 Å². The van der Waals surface area contributed by atoms with Gasteiger partial charge in [-0.2, -0.15) is 0 Å². The van der Waals surface area contributed by atoms with E-state index in [1.165, 1.54) is 7.11 Å². The molecule has 1 heterocycles. The second-order valence-corrected chi connectivity index (χ2v) is 6.67. The SMILES string of the molecule is CCC(CC)C(=O)N1CCC(C(=O)Nc2ccc(C(=O)OC)cc2)CC1. The molecule has 1 aliphatic rings. The Morgan fingerprint density at radius 1 is 1.12 bits per heavy atom. The molecule has 0 radical (unpaired) electrons. The molecular weight excluding hydrogens is 332 g/mol. The molecule has 2 rings (SSSR count). The van der Waals surface area contributed by atoms with E-state index in [4.69, 9.17) is 0 Å². The molecule has 0 bridgehead atoms. The van der Waals surface area contributed by atoms with Gasteiger partial charge in [0, 0.05) is 30.6 Å². The number of amides is 2. The molecule has 0 atom stereocenters. The number of ether oxygens (including phenoxy) is 1. The third-order valence-corrected chi connectivity index (χ3v) is 5.09. The van der Waals surface area contributed by atoms with Crippen LogP contribution in [-0.4, -0.2) is 42.9 Å². The summed E-state index contributed by atoms with van der Waals surface area (Å²) in [5.41, 5.74) is 1.09. The Morgan fingerprint density at radius 2 is 1.69 bits per heavy atom. The Bertz CT molecular complexity index is 630. The summed E-state index contributed by atoms with van der Waals surface area (Å²) in [5, 5.41) is 2.89. The van der Waals surface area contributed by atoms with E-state index in [1.54, 1.807) is 24.3 Å². The van der Waals surface area contributed by atoms with Crippen molar-refractivity contribution in [2.24, 2.45) is 11.8 Å². The zero-order chi connectivity index (χ0) is 19.1. The Hall–Kier alpha value is -2.37. The highest BCUT2D eigenvalue weighted by atomic mass is 16.5. The third-order valence-electron chi connectivity index (χ3n) is 5.09. The van der Waals surface area contributed by atoms with E-state index in [0.29, 0.717) is 37.2 Å². The first-order chi connectivity index (χ1) is 12.5. The number of benzene rings is 1. The Balaban J connectivity index is 1.86. The Labute approximate surface area is 154 Å². The van der Waals surface area contributed by atoms with Crippen LogP contribution in [0.1, 0.15) is 49.9 Å². The molecule has 0 unspecified atom stereocenters. The maximum Gasteiger partial charge on any atom is 0.337 e. The van der Waals surface area contributed by atoms with Gasteiger partial charge in [-0.3, -0.25) is 9.59 Å². The van der Waals surface area contributed by atoms with Gasteiger partial charge in [0.1, 0.15) is 0 Å². The van der Waals surface area contributed by atoms with Crippen molar-refractivity contribution < 1.29 is 19.1 Å². The van der Waals surface area contributed by atoms with Gasteiger partial charge in [0.05, 0.1) is 12.7 Å². The van der Waals surface area contributed by atoms with E-state index in [1.807, 2.05) is 18.7 Å². The van der Waals surface area contributed by atoms with Gasteiger partial charge in [-0.05, 0) is 49.9 Å². The minimum Gasteiger partial charge on any atom is -0.465 e. The van der Waals surface area contributed by atoms with Crippen LogP contribution in [0.25, 0.3) is 0 Å². The van der Waals surface area contributed by atoms with Crippen LogP contribution in [0.5, 0.6) is 0 Å². The third kappa shape index (κ3) is 4.84. The quantitative estimate of drug-likeness (QED) is 0.791. The molecule has 6 nitrogen and oxygen atoms in total. The van der Waals surface area contributed by atoms with Crippen LogP contribution in [0.3, 0.4) is 0 Å². The number of rotatable bonds is 6. The molecule has 1 aromatic rings. The van der Waals surface area contributed by atoms with Crippen LogP contribution in [0.4, 0.5) is 5.69 Å². The first kappa shape index (κ1) is 19.9. The molecule has 1 aliphatic heterocycles. The molecule has 0 saturated carbocycles. The predicted octanol–water partition coefficient (Wildman–Crippen LogP) is 3.09. The van der Waals surface area contributed by atoms with E-state index in [-0.39, 0.29) is 23.7 Å². The average Bonchev–Trinajstić information content (AvgIpc) is 2.68. The summed E-state index contributed by atoms with van der Waals surface area (Å²) in [6.07, 6.45) is 3.07. The molecule has 2 amide bonds. The second kappa shape index (κ2) is 9.36. The first-order valence-electron chi connectivity index (χ1n) is 9.28. The van der Waals surface area contributed by atoms with Crippen molar-refractivity contribution in [3.63, 3.8) is 0 Å². The van der Waals surface area contributed by atoms with Crippen molar-refractivity contribution in [1.82, 2.24) is 4.90 Å². The number of hydrogen-bond acceptors (Lipinski definition) is 4. The smallest absolute Gasteiger partial charge is 0.337 e. The molecule has 1 N–H and O–H groups in total. The summed E-state index contributed by atoms with van der Waals surface area (Å²) < 4.78 is 4.66. The minimum atomic E-state index is -0.405. The van der Waals surface area contributed by atoms with Crippen LogP contribution in [0, 0.1) is 11.8 Å². The van der Waals surface area contributed by atoms with Crippen molar-refractivity contribution in [1.29, 1.82) is 0 Å². The number of nitrogens with one attached hydrogen (secondary N) is 1. The van der Waals surface area contributed by atoms with Crippen molar-refractivity contribution in [3.8, 4) is 0 Å². The Kier molecular flexibility index (Phi) is 7.18. The molecule has 26 heavy (non-hydrogen) atoms. The van der Waals surface area contributed by atoms with Gasteiger partial charge in [-0.25, -0.2) is 4.79 Å². The standard InChI is InChI=1S/C20H28N2O4/c1-4-14(5-2)19(24)22-12-10-15(11-13-22)18(23)21-17-8-6-16(7-9-17)20(25)26-3/h6-9,14-15H,4-5,10-13H2,1-3H3,(H,21,23). The van der Waals surface area contributed by atoms with Gasteiger partial charge >= 0.3 is 5.97 Å². The number of esters is 1. The molecule has 1 aromatic carbocycles. The number of carbonyl (C=O) groups excluding carboxylic acids is 3. The molecule has 1 saturated heterocycles. The summed E-state index contributed by atoms with van der Waals surface area (Å²) in [7, 11) is 1.33. The van der Waals surface area contributed by atoms with Crippen LogP contribution >= 0.6 is 0 Å². The van der Waals surface area contributed by atoms with Gasteiger partial charge in [0.25, 0.3) is 0 Å². The van der Waals surface area contributed by atoms with E-state index in [9.17, 15) is 14.4 Å². The lowest BCUT2D eigenvalue weighted by atomic mass is 9.93. The second-order valence-electron chi connectivity index (χ2n) is 6.67. The van der Waals surface area contributed by atoms with Crippen LogP contribution in [0.2, 0.25) is 0 Å². The summed E-state index contributed by atoms with van der Waals surface area (Å²) in [6, 6.07) is 6.63. The number of likely N-dealkylation sites (tertiary alicyclic amines) is 1. The molecule has 6 heteroatoms. The number of anilines is 1. The lowest BCUT2D eigenvalue weighted by Crippen LogP contribution is -2.43. The normalized spacial score (nSPS) is 15.0. The zero-order valence-electron chi connectivity index (χ0n) is 15.8. The van der Waals surface area contributed by atoms with Gasteiger partial charge < -0.3 is 15.0 Å². The Morgan fingerprint density at radius 3 is 2.19 bits per heavy atom. The van der Waals surface area contributed by atoms with Crippen LogP contribution < -0.4 is 5.32 Å². The number of hydrogen-bond donors (Lipinski definition) is 1. The highest BCUT2D eigenvalue weighted by molar-refractivity contribution is 5.94. The average molecular weight is 360 g/mol.